The van der Waals surface area contributed by atoms with E-state index in [1.54, 1.807) is 12.1 Å². The van der Waals surface area contributed by atoms with Crippen LogP contribution in [0, 0.1) is 21.4 Å². The number of anilines is 1. The molecule has 0 aromatic heterocycles. The Bertz CT molecular complexity index is 494. The molecule has 1 aliphatic heterocycles. The SMILES string of the molecule is CN1CCN(c2ccc([N+](=O)[O-])cc2)C[C@@H]1CC#N. The van der Waals surface area contributed by atoms with Crippen molar-refractivity contribution in [3.8, 4) is 6.07 Å². The Morgan fingerprint density at radius 1 is 1.42 bits per heavy atom. The van der Waals surface area contributed by atoms with Gasteiger partial charge in [-0.1, -0.05) is 0 Å². The Kier molecular flexibility index (Phi) is 3.97. The van der Waals surface area contributed by atoms with Crippen LogP contribution in [-0.2, 0) is 0 Å². The number of nitro groups is 1. The number of nitriles is 1. The Morgan fingerprint density at radius 2 is 2.11 bits per heavy atom. The summed E-state index contributed by atoms with van der Waals surface area (Å²) in [5.74, 6) is 0. The first-order valence-electron chi connectivity index (χ1n) is 6.18. The Balaban J connectivity index is 2.09. The molecule has 0 bridgehead atoms. The van der Waals surface area contributed by atoms with E-state index in [0.29, 0.717) is 6.42 Å². The number of benzene rings is 1. The van der Waals surface area contributed by atoms with Crippen molar-refractivity contribution < 1.29 is 4.92 Å². The molecule has 0 unspecified atom stereocenters. The largest absolute Gasteiger partial charge is 0.369 e. The number of likely N-dealkylation sites (N-methyl/N-ethyl adjacent to an activating group) is 1. The van der Waals surface area contributed by atoms with Crippen molar-refractivity contribution >= 4 is 11.4 Å². The lowest BCUT2D eigenvalue weighted by molar-refractivity contribution is -0.384. The van der Waals surface area contributed by atoms with Crippen molar-refractivity contribution in [2.45, 2.75) is 12.5 Å². The summed E-state index contributed by atoms with van der Waals surface area (Å²) in [6, 6.07) is 9.01. The number of piperazine rings is 1. The third kappa shape index (κ3) is 3.01. The topological polar surface area (TPSA) is 73.4 Å². The molecule has 0 radical (unpaired) electrons. The molecule has 0 N–H and O–H groups in total. The maximum absolute atomic E-state index is 10.6. The van der Waals surface area contributed by atoms with Gasteiger partial charge in [0.25, 0.3) is 5.69 Å². The van der Waals surface area contributed by atoms with Gasteiger partial charge in [0.15, 0.2) is 0 Å². The van der Waals surface area contributed by atoms with E-state index in [-0.39, 0.29) is 11.7 Å². The van der Waals surface area contributed by atoms with Crippen LogP contribution in [0.1, 0.15) is 6.42 Å². The summed E-state index contributed by atoms with van der Waals surface area (Å²) in [5, 5.41) is 19.4. The van der Waals surface area contributed by atoms with Crippen LogP contribution in [0.25, 0.3) is 0 Å². The molecule has 1 fully saturated rings. The van der Waals surface area contributed by atoms with Gasteiger partial charge in [-0.15, -0.1) is 0 Å². The van der Waals surface area contributed by atoms with Crippen molar-refractivity contribution in [1.82, 2.24) is 4.90 Å². The van der Waals surface area contributed by atoms with Gasteiger partial charge in [-0.25, -0.2) is 0 Å². The second-order valence-corrected chi connectivity index (χ2v) is 4.72. The predicted molar refractivity (Wildman–Crippen MR) is 72.0 cm³/mol. The smallest absolute Gasteiger partial charge is 0.269 e. The van der Waals surface area contributed by atoms with Crippen molar-refractivity contribution in [3.05, 3.63) is 34.4 Å². The molecule has 1 saturated heterocycles. The van der Waals surface area contributed by atoms with Crippen molar-refractivity contribution in [3.63, 3.8) is 0 Å². The number of hydrogen-bond donors (Lipinski definition) is 0. The van der Waals surface area contributed by atoms with E-state index in [2.05, 4.69) is 15.9 Å². The van der Waals surface area contributed by atoms with Crippen molar-refractivity contribution in [1.29, 1.82) is 5.26 Å². The predicted octanol–water partition coefficient (Wildman–Crippen LogP) is 1.63. The van der Waals surface area contributed by atoms with Gasteiger partial charge in [-0.3, -0.25) is 15.0 Å². The van der Waals surface area contributed by atoms with Crippen molar-refractivity contribution in [2.24, 2.45) is 0 Å². The lowest BCUT2D eigenvalue weighted by atomic mass is 10.1. The summed E-state index contributed by atoms with van der Waals surface area (Å²) >= 11 is 0. The molecule has 2 rings (SSSR count). The maximum atomic E-state index is 10.6. The molecule has 6 nitrogen and oxygen atoms in total. The zero-order chi connectivity index (χ0) is 13.8. The first-order valence-corrected chi connectivity index (χ1v) is 6.18. The first-order chi connectivity index (χ1) is 9.11. The fourth-order valence-electron chi connectivity index (χ4n) is 2.29. The van der Waals surface area contributed by atoms with Gasteiger partial charge < -0.3 is 4.90 Å². The summed E-state index contributed by atoms with van der Waals surface area (Å²) in [7, 11) is 2.02. The number of non-ortho nitro benzene ring substituents is 1. The molecule has 19 heavy (non-hydrogen) atoms. The number of hydrogen-bond acceptors (Lipinski definition) is 5. The lowest BCUT2D eigenvalue weighted by Crippen LogP contribution is -2.51. The van der Waals surface area contributed by atoms with Gasteiger partial charge in [0, 0.05) is 43.5 Å². The number of nitro benzene ring substituents is 1. The second kappa shape index (κ2) is 5.67. The van der Waals surface area contributed by atoms with Gasteiger partial charge in [0.1, 0.15) is 0 Å². The molecule has 1 aromatic carbocycles. The Hall–Kier alpha value is -2.13. The second-order valence-electron chi connectivity index (χ2n) is 4.72. The highest BCUT2D eigenvalue weighted by Gasteiger charge is 2.24. The molecule has 1 heterocycles. The van der Waals surface area contributed by atoms with Gasteiger partial charge in [0.2, 0.25) is 0 Å². The van der Waals surface area contributed by atoms with E-state index >= 15 is 0 Å². The third-order valence-corrected chi connectivity index (χ3v) is 3.53. The van der Waals surface area contributed by atoms with E-state index in [1.807, 2.05) is 7.05 Å². The van der Waals surface area contributed by atoms with Gasteiger partial charge in [-0.05, 0) is 19.2 Å². The average molecular weight is 260 g/mol. The van der Waals surface area contributed by atoms with Crippen LogP contribution < -0.4 is 4.90 Å². The van der Waals surface area contributed by atoms with Crippen LogP contribution in [0.15, 0.2) is 24.3 Å². The fourth-order valence-corrected chi connectivity index (χ4v) is 2.29. The standard InChI is InChI=1S/C13H16N4O2/c1-15-8-9-16(10-13(15)6-7-14)11-2-4-12(5-3-11)17(18)19/h2-5,13H,6,8-10H2,1H3/t13-/m0/s1. The van der Waals surface area contributed by atoms with Crippen LogP contribution in [0.4, 0.5) is 11.4 Å². The molecule has 1 aliphatic rings. The molecule has 0 saturated carbocycles. The Labute approximate surface area is 112 Å². The van der Waals surface area contributed by atoms with E-state index in [1.165, 1.54) is 12.1 Å². The highest BCUT2D eigenvalue weighted by Crippen LogP contribution is 2.22. The van der Waals surface area contributed by atoms with E-state index in [4.69, 9.17) is 5.26 Å². The van der Waals surface area contributed by atoms with Gasteiger partial charge in [0.05, 0.1) is 17.4 Å². The van der Waals surface area contributed by atoms with Crippen LogP contribution in [0.3, 0.4) is 0 Å². The summed E-state index contributed by atoms with van der Waals surface area (Å²) in [6.07, 6.45) is 0.500. The summed E-state index contributed by atoms with van der Waals surface area (Å²) in [6.45, 7) is 2.54. The van der Waals surface area contributed by atoms with Crippen LogP contribution in [0.2, 0.25) is 0 Å². The lowest BCUT2D eigenvalue weighted by Gasteiger charge is -2.39. The highest BCUT2D eigenvalue weighted by molar-refractivity contribution is 5.51. The van der Waals surface area contributed by atoms with E-state index in [0.717, 1.165) is 25.3 Å². The summed E-state index contributed by atoms with van der Waals surface area (Å²) < 4.78 is 0. The van der Waals surface area contributed by atoms with Crippen molar-refractivity contribution in [2.75, 3.05) is 31.6 Å². The van der Waals surface area contributed by atoms with Crippen LogP contribution >= 0.6 is 0 Å². The number of rotatable bonds is 3. The molecular weight excluding hydrogens is 244 g/mol. The first kappa shape index (κ1) is 13.3. The zero-order valence-corrected chi connectivity index (χ0v) is 10.8. The molecule has 0 aliphatic carbocycles. The number of nitrogens with zero attached hydrogens (tertiary/aromatic N) is 4. The molecule has 0 spiro atoms. The van der Waals surface area contributed by atoms with Crippen LogP contribution in [0.5, 0.6) is 0 Å². The maximum Gasteiger partial charge on any atom is 0.269 e. The fraction of sp³-hybridized carbons (Fsp3) is 0.462. The minimum absolute atomic E-state index is 0.103. The van der Waals surface area contributed by atoms with E-state index < -0.39 is 4.92 Å². The average Bonchev–Trinajstić information content (AvgIpc) is 2.41. The molecule has 100 valence electrons. The zero-order valence-electron chi connectivity index (χ0n) is 10.8. The molecule has 1 aromatic rings. The molecule has 1 atom stereocenters. The van der Waals surface area contributed by atoms with Gasteiger partial charge >= 0.3 is 0 Å². The third-order valence-electron chi connectivity index (χ3n) is 3.53. The molecular formula is C13H16N4O2. The van der Waals surface area contributed by atoms with Crippen LogP contribution in [-0.4, -0.2) is 42.5 Å². The minimum atomic E-state index is -0.397. The molecule has 6 heteroatoms. The monoisotopic (exact) mass is 260 g/mol. The van der Waals surface area contributed by atoms with Gasteiger partial charge in [-0.2, -0.15) is 5.26 Å². The Morgan fingerprint density at radius 3 is 2.68 bits per heavy atom. The minimum Gasteiger partial charge on any atom is -0.369 e. The normalized spacial score (nSPS) is 20.0. The quantitative estimate of drug-likeness (QED) is 0.610. The summed E-state index contributed by atoms with van der Waals surface area (Å²) in [5.41, 5.74) is 1.08. The molecule has 0 amide bonds. The summed E-state index contributed by atoms with van der Waals surface area (Å²) in [4.78, 5) is 14.6. The van der Waals surface area contributed by atoms with E-state index in [9.17, 15) is 10.1 Å². The highest BCUT2D eigenvalue weighted by atomic mass is 16.6.